The van der Waals surface area contributed by atoms with Crippen molar-refractivity contribution in [3.8, 4) is 22.8 Å². The number of anilines is 1. The Labute approximate surface area is 117 Å². The molecular formula is C12H10BrN3O3. The molecule has 1 aromatic heterocycles. The Balaban J connectivity index is 2.25. The summed E-state index contributed by atoms with van der Waals surface area (Å²) in [7, 11) is 0. The van der Waals surface area contributed by atoms with E-state index in [0.29, 0.717) is 46.3 Å². The fourth-order valence-electron chi connectivity index (χ4n) is 1.98. The summed E-state index contributed by atoms with van der Waals surface area (Å²) in [6.45, 7) is 0.846. The van der Waals surface area contributed by atoms with Gasteiger partial charge < -0.3 is 15.2 Å². The van der Waals surface area contributed by atoms with Crippen molar-refractivity contribution in [2.75, 3.05) is 18.9 Å². The quantitative estimate of drug-likeness (QED) is 0.825. The van der Waals surface area contributed by atoms with Gasteiger partial charge in [0, 0.05) is 16.1 Å². The minimum absolute atomic E-state index is 0.385. The average Bonchev–Trinajstić information content (AvgIpc) is 2.84. The molecule has 0 saturated heterocycles. The van der Waals surface area contributed by atoms with Crippen molar-refractivity contribution >= 4 is 28.0 Å². The zero-order valence-electron chi connectivity index (χ0n) is 9.77. The number of carbonyl (C=O) groups is 1. The summed E-state index contributed by atoms with van der Waals surface area (Å²) < 4.78 is 11.8. The highest BCUT2D eigenvalue weighted by molar-refractivity contribution is 9.10. The van der Waals surface area contributed by atoms with Gasteiger partial charge in [0.15, 0.2) is 17.8 Å². The van der Waals surface area contributed by atoms with Crippen LogP contribution in [0.3, 0.4) is 0 Å². The molecule has 1 aromatic carbocycles. The molecule has 1 aliphatic rings. The van der Waals surface area contributed by atoms with Gasteiger partial charge in [0.25, 0.3) is 0 Å². The molecule has 0 spiro atoms. The molecule has 98 valence electrons. The van der Waals surface area contributed by atoms with Crippen molar-refractivity contribution in [3.05, 3.63) is 22.2 Å². The first kappa shape index (κ1) is 12.0. The third-order valence-corrected chi connectivity index (χ3v) is 3.46. The molecule has 0 amide bonds. The fraction of sp³-hybridized carbons (Fsp3) is 0.167. The second-order valence-electron chi connectivity index (χ2n) is 4.00. The first-order valence-corrected chi connectivity index (χ1v) is 6.38. The molecule has 3 rings (SSSR count). The Hall–Kier alpha value is -2.02. The van der Waals surface area contributed by atoms with Crippen molar-refractivity contribution in [2.45, 2.75) is 0 Å². The van der Waals surface area contributed by atoms with Crippen LogP contribution in [-0.2, 0) is 0 Å². The maximum absolute atomic E-state index is 11.1. The van der Waals surface area contributed by atoms with Crippen LogP contribution in [0.5, 0.6) is 11.5 Å². The van der Waals surface area contributed by atoms with Gasteiger partial charge in [-0.05, 0) is 22.0 Å². The van der Waals surface area contributed by atoms with Crippen LogP contribution in [0.2, 0.25) is 0 Å². The van der Waals surface area contributed by atoms with Crippen LogP contribution in [0.25, 0.3) is 11.3 Å². The molecule has 6 nitrogen and oxygen atoms in total. The van der Waals surface area contributed by atoms with Crippen LogP contribution in [0.4, 0.5) is 5.82 Å². The SMILES string of the molecule is Nc1cc(-c2cc(Br)c(C=O)c3c2OCCO3)[nH]n1. The molecule has 0 bridgehead atoms. The van der Waals surface area contributed by atoms with Gasteiger partial charge in [0.1, 0.15) is 19.0 Å². The molecule has 3 N–H and O–H groups in total. The van der Waals surface area contributed by atoms with E-state index in [1.165, 1.54) is 0 Å². The number of nitrogens with two attached hydrogens (primary N) is 1. The summed E-state index contributed by atoms with van der Waals surface area (Å²) >= 11 is 3.36. The molecule has 0 atom stereocenters. The number of benzene rings is 1. The number of H-pyrrole nitrogens is 1. The lowest BCUT2D eigenvalue weighted by Crippen LogP contribution is -2.17. The molecule has 1 aliphatic heterocycles. The van der Waals surface area contributed by atoms with E-state index in [1.807, 2.05) is 0 Å². The number of hydrogen-bond donors (Lipinski definition) is 2. The molecule has 0 aliphatic carbocycles. The van der Waals surface area contributed by atoms with Crippen LogP contribution in [0.15, 0.2) is 16.6 Å². The fourth-order valence-corrected chi connectivity index (χ4v) is 2.48. The van der Waals surface area contributed by atoms with Gasteiger partial charge in [0.05, 0.1) is 11.3 Å². The summed E-state index contributed by atoms with van der Waals surface area (Å²) in [5.41, 5.74) is 7.49. The monoisotopic (exact) mass is 323 g/mol. The minimum Gasteiger partial charge on any atom is -0.485 e. The molecule has 0 saturated carbocycles. The topological polar surface area (TPSA) is 90.2 Å². The van der Waals surface area contributed by atoms with Crippen molar-refractivity contribution in [2.24, 2.45) is 0 Å². The number of aldehydes is 1. The number of aromatic nitrogens is 2. The molecule has 2 heterocycles. The van der Waals surface area contributed by atoms with Gasteiger partial charge in [-0.2, -0.15) is 5.10 Å². The van der Waals surface area contributed by atoms with Crippen molar-refractivity contribution in [1.29, 1.82) is 0 Å². The average molecular weight is 324 g/mol. The summed E-state index contributed by atoms with van der Waals surface area (Å²) in [6.07, 6.45) is 0.739. The van der Waals surface area contributed by atoms with E-state index in [9.17, 15) is 4.79 Å². The molecule has 0 radical (unpaired) electrons. The maximum atomic E-state index is 11.1. The van der Waals surface area contributed by atoms with Crippen molar-refractivity contribution in [1.82, 2.24) is 10.2 Å². The molecule has 0 unspecified atom stereocenters. The molecular weight excluding hydrogens is 314 g/mol. The summed E-state index contributed by atoms with van der Waals surface area (Å²) in [5.74, 6) is 1.36. The second kappa shape index (κ2) is 4.58. The first-order valence-electron chi connectivity index (χ1n) is 5.59. The highest BCUT2D eigenvalue weighted by Crippen LogP contribution is 2.44. The Morgan fingerprint density at radius 2 is 2.05 bits per heavy atom. The number of ether oxygens (including phenoxy) is 2. The van der Waals surface area contributed by atoms with Gasteiger partial charge >= 0.3 is 0 Å². The molecule has 7 heteroatoms. The van der Waals surface area contributed by atoms with E-state index < -0.39 is 0 Å². The summed E-state index contributed by atoms with van der Waals surface area (Å²) in [6, 6.07) is 3.48. The Morgan fingerprint density at radius 1 is 1.32 bits per heavy atom. The number of nitrogen functional groups attached to an aromatic ring is 1. The van der Waals surface area contributed by atoms with Gasteiger partial charge in [-0.15, -0.1) is 0 Å². The number of aromatic amines is 1. The Morgan fingerprint density at radius 3 is 2.68 bits per heavy atom. The van der Waals surface area contributed by atoms with Gasteiger partial charge in [-0.1, -0.05) is 0 Å². The standard InChI is InChI=1S/C12H10BrN3O3/c13-8-3-6(9-4-10(14)16-15-9)11-12(7(8)5-17)19-2-1-18-11/h3-5H,1-2H2,(H3,14,15,16). The number of halogens is 1. The summed E-state index contributed by atoms with van der Waals surface area (Å²) in [5, 5.41) is 6.70. The molecule has 0 fully saturated rings. The van der Waals surface area contributed by atoms with E-state index in [-0.39, 0.29) is 0 Å². The number of nitrogens with one attached hydrogen (secondary N) is 1. The number of fused-ring (bicyclic) bond motifs is 1. The van der Waals surface area contributed by atoms with E-state index >= 15 is 0 Å². The van der Waals surface area contributed by atoms with Crippen molar-refractivity contribution in [3.63, 3.8) is 0 Å². The van der Waals surface area contributed by atoms with E-state index in [1.54, 1.807) is 12.1 Å². The number of nitrogens with zero attached hydrogens (tertiary/aromatic N) is 1. The van der Waals surface area contributed by atoms with Crippen LogP contribution >= 0.6 is 15.9 Å². The number of hydrogen-bond acceptors (Lipinski definition) is 5. The lowest BCUT2D eigenvalue weighted by molar-refractivity contribution is 0.111. The van der Waals surface area contributed by atoms with Gasteiger partial charge in [0.2, 0.25) is 0 Å². The van der Waals surface area contributed by atoms with E-state index in [0.717, 1.165) is 11.8 Å². The Bertz CT molecular complexity index is 654. The smallest absolute Gasteiger partial charge is 0.173 e. The van der Waals surface area contributed by atoms with E-state index in [4.69, 9.17) is 15.2 Å². The van der Waals surface area contributed by atoms with Crippen LogP contribution in [0, 0.1) is 0 Å². The largest absolute Gasteiger partial charge is 0.485 e. The van der Waals surface area contributed by atoms with Gasteiger partial charge in [-0.25, -0.2) is 0 Å². The summed E-state index contributed by atoms with van der Waals surface area (Å²) in [4.78, 5) is 11.1. The van der Waals surface area contributed by atoms with Crippen LogP contribution < -0.4 is 15.2 Å². The Kier molecular flexibility index (Phi) is 2.90. The zero-order valence-corrected chi connectivity index (χ0v) is 11.4. The highest BCUT2D eigenvalue weighted by Gasteiger charge is 2.24. The minimum atomic E-state index is 0.385. The molecule has 19 heavy (non-hydrogen) atoms. The van der Waals surface area contributed by atoms with Gasteiger partial charge in [-0.3, -0.25) is 9.89 Å². The predicted octanol–water partition coefficient (Wildman–Crippen LogP) is 2.01. The van der Waals surface area contributed by atoms with Crippen LogP contribution in [0.1, 0.15) is 10.4 Å². The third-order valence-electron chi connectivity index (χ3n) is 2.81. The van der Waals surface area contributed by atoms with Crippen molar-refractivity contribution < 1.29 is 14.3 Å². The normalized spacial score (nSPS) is 13.3. The van der Waals surface area contributed by atoms with E-state index in [2.05, 4.69) is 26.1 Å². The third kappa shape index (κ3) is 1.95. The molecule has 2 aromatic rings. The predicted molar refractivity (Wildman–Crippen MR) is 72.5 cm³/mol. The number of carbonyl (C=O) groups excluding carboxylic acids is 1. The number of rotatable bonds is 2. The maximum Gasteiger partial charge on any atom is 0.173 e. The second-order valence-corrected chi connectivity index (χ2v) is 4.85. The lowest BCUT2D eigenvalue weighted by Gasteiger charge is -2.22. The van der Waals surface area contributed by atoms with Crippen LogP contribution in [-0.4, -0.2) is 29.7 Å². The lowest BCUT2D eigenvalue weighted by atomic mass is 10.1. The zero-order chi connectivity index (χ0) is 13.4. The first-order chi connectivity index (χ1) is 9.20. The highest BCUT2D eigenvalue weighted by atomic mass is 79.9.